The molecule has 0 spiro atoms. The van der Waals surface area contributed by atoms with Crippen LogP contribution in [0.25, 0.3) is 0 Å². The maximum absolute atomic E-state index is 12.1. The standard InChI is InChI=1S/C14H23N3OS/c1-3-11-9-16-13(19-11)10(2)17-12(18)8-14(15)6-4-5-7-14/h9-10H,3-8,15H2,1-2H3,(H,17,18). The first-order valence-electron chi connectivity index (χ1n) is 7.05. The van der Waals surface area contributed by atoms with Gasteiger partial charge in [-0.3, -0.25) is 4.79 Å². The molecular weight excluding hydrogens is 258 g/mol. The van der Waals surface area contributed by atoms with Crippen molar-refractivity contribution in [1.29, 1.82) is 0 Å². The Hall–Kier alpha value is -0.940. The third-order valence-corrected chi connectivity index (χ3v) is 5.10. The number of aromatic nitrogens is 1. The predicted molar refractivity (Wildman–Crippen MR) is 78.1 cm³/mol. The molecule has 1 saturated carbocycles. The summed E-state index contributed by atoms with van der Waals surface area (Å²) in [5.74, 6) is 0.0464. The van der Waals surface area contributed by atoms with Crippen molar-refractivity contribution in [1.82, 2.24) is 10.3 Å². The van der Waals surface area contributed by atoms with Gasteiger partial charge in [0.2, 0.25) is 5.91 Å². The Kier molecular flexibility index (Phi) is 4.58. The SMILES string of the molecule is CCc1cnc(C(C)NC(=O)CC2(N)CCCC2)s1. The second-order valence-electron chi connectivity index (χ2n) is 5.55. The number of aryl methyl sites for hydroxylation is 1. The lowest BCUT2D eigenvalue weighted by molar-refractivity contribution is -0.122. The van der Waals surface area contributed by atoms with Gasteiger partial charge >= 0.3 is 0 Å². The first-order valence-corrected chi connectivity index (χ1v) is 7.87. The number of carbonyl (C=O) groups excluding carboxylic acids is 1. The number of nitrogens with two attached hydrogens (primary N) is 1. The van der Waals surface area contributed by atoms with Crippen LogP contribution >= 0.6 is 11.3 Å². The fraction of sp³-hybridized carbons (Fsp3) is 0.714. The molecule has 1 amide bonds. The summed E-state index contributed by atoms with van der Waals surface area (Å²) in [7, 11) is 0. The van der Waals surface area contributed by atoms with Crippen LogP contribution in [0.4, 0.5) is 0 Å². The Morgan fingerprint density at radius 2 is 2.26 bits per heavy atom. The largest absolute Gasteiger partial charge is 0.347 e. The lowest BCUT2D eigenvalue weighted by Crippen LogP contribution is -2.42. The fourth-order valence-electron chi connectivity index (χ4n) is 2.62. The van der Waals surface area contributed by atoms with Crippen LogP contribution in [0.15, 0.2) is 6.20 Å². The van der Waals surface area contributed by atoms with E-state index in [1.54, 1.807) is 11.3 Å². The van der Waals surface area contributed by atoms with Gasteiger partial charge < -0.3 is 11.1 Å². The van der Waals surface area contributed by atoms with Crippen LogP contribution in [0, 0.1) is 0 Å². The number of amides is 1. The highest BCUT2D eigenvalue weighted by atomic mass is 32.1. The van der Waals surface area contributed by atoms with Gasteiger partial charge in [-0.15, -0.1) is 11.3 Å². The van der Waals surface area contributed by atoms with Crippen LogP contribution in [-0.4, -0.2) is 16.4 Å². The van der Waals surface area contributed by atoms with E-state index in [9.17, 15) is 4.79 Å². The summed E-state index contributed by atoms with van der Waals surface area (Å²) in [6.07, 6.45) is 7.53. The third-order valence-electron chi connectivity index (χ3n) is 3.78. The Morgan fingerprint density at radius 1 is 1.58 bits per heavy atom. The molecule has 2 rings (SSSR count). The van der Waals surface area contributed by atoms with Gasteiger partial charge in [-0.05, 0) is 26.2 Å². The number of hydrogen-bond acceptors (Lipinski definition) is 4. The number of rotatable bonds is 5. The summed E-state index contributed by atoms with van der Waals surface area (Å²) in [6, 6.07) is -0.0252. The van der Waals surface area contributed by atoms with E-state index in [0.717, 1.165) is 37.1 Å². The van der Waals surface area contributed by atoms with Crippen molar-refractivity contribution < 1.29 is 4.79 Å². The Bertz CT molecular complexity index is 438. The summed E-state index contributed by atoms with van der Waals surface area (Å²) >= 11 is 1.67. The maximum atomic E-state index is 12.1. The van der Waals surface area contributed by atoms with Crippen LogP contribution in [0.3, 0.4) is 0 Å². The van der Waals surface area contributed by atoms with Crippen LogP contribution < -0.4 is 11.1 Å². The highest BCUT2D eigenvalue weighted by Gasteiger charge is 2.32. The van der Waals surface area contributed by atoms with Crippen molar-refractivity contribution in [3.05, 3.63) is 16.1 Å². The zero-order valence-corrected chi connectivity index (χ0v) is 12.6. The average molecular weight is 281 g/mol. The topological polar surface area (TPSA) is 68.0 Å². The first kappa shape index (κ1) is 14.5. The monoisotopic (exact) mass is 281 g/mol. The van der Waals surface area contributed by atoms with Crippen molar-refractivity contribution in [2.45, 2.75) is 64.0 Å². The summed E-state index contributed by atoms with van der Waals surface area (Å²) < 4.78 is 0. The van der Waals surface area contributed by atoms with Gasteiger partial charge in [-0.2, -0.15) is 0 Å². The molecule has 3 N–H and O–H groups in total. The lowest BCUT2D eigenvalue weighted by atomic mass is 9.94. The Labute approximate surface area is 118 Å². The molecule has 1 aliphatic rings. The molecule has 19 heavy (non-hydrogen) atoms. The minimum atomic E-state index is -0.277. The minimum Gasteiger partial charge on any atom is -0.347 e. The van der Waals surface area contributed by atoms with Gasteiger partial charge in [0.25, 0.3) is 0 Å². The summed E-state index contributed by atoms with van der Waals surface area (Å²) in [5.41, 5.74) is 5.95. The van der Waals surface area contributed by atoms with Crippen molar-refractivity contribution in [2.24, 2.45) is 5.73 Å². The molecule has 1 unspecified atom stereocenters. The van der Waals surface area contributed by atoms with E-state index in [-0.39, 0.29) is 17.5 Å². The molecule has 4 nitrogen and oxygen atoms in total. The zero-order valence-electron chi connectivity index (χ0n) is 11.7. The summed E-state index contributed by atoms with van der Waals surface area (Å²) in [6.45, 7) is 4.09. The Morgan fingerprint density at radius 3 is 2.84 bits per heavy atom. The van der Waals surface area contributed by atoms with E-state index in [1.165, 1.54) is 4.88 Å². The lowest BCUT2D eigenvalue weighted by Gasteiger charge is -2.23. The van der Waals surface area contributed by atoms with E-state index in [1.807, 2.05) is 13.1 Å². The smallest absolute Gasteiger partial charge is 0.222 e. The predicted octanol–water partition coefficient (Wildman–Crippen LogP) is 2.54. The molecule has 1 fully saturated rings. The van der Waals surface area contributed by atoms with Crippen molar-refractivity contribution in [2.75, 3.05) is 0 Å². The molecule has 5 heteroatoms. The molecule has 0 bridgehead atoms. The van der Waals surface area contributed by atoms with Crippen molar-refractivity contribution >= 4 is 17.2 Å². The van der Waals surface area contributed by atoms with Crippen LogP contribution in [0.1, 0.15) is 61.9 Å². The van der Waals surface area contributed by atoms with E-state index < -0.39 is 0 Å². The molecule has 1 heterocycles. The number of nitrogens with zero attached hydrogens (tertiary/aromatic N) is 1. The number of nitrogens with one attached hydrogen (secondary N) is 1. The van der Waals surface area contributed by atoms with Crippen molar-refractivity contribution in [3.8, 4) is 0 Å². The van der Waals surface area contributed by atoms with Gasteiger partial charge in [-0.25, -0.2) is 4.98 Å². The van der Waals surface area contributed by atoms with E-state index in [0.29, 0.717) is 6.42 Å². The van der Waals surface area contributed by atoms with Crippen molar-refractivity contribution in [3.63, 3.8) is 0 Å². The van der Waals surface area contributed by atoms with Crippen LogP contribution in [0.2, 0.25) is 0 Å². The molecule has 1 aliphatic carbocycles. The fourth-order valence-corrected chi connectivity index (χ4v) is 3.48. The second kappa shape index (κ2) is 6.01. The molecule has 0 aliphatic heterocycles. The molecule has 106 valence electrons. The minimum absolute atomic E-state index is 0.0252. The van der Waals surface area contributed by atoms with Gasteiger partial charge in [-0.1, -0.05) is 19.8 Å². The first-order chi connectivity index (χ1) is 9.02. The zero-order chi connectivity index (χ0) is 13.9. The summed E-state index contributed by atoms with van der Waals surface area (Å²) in [4.78, 5) is 17.7. The quantitative estimate of drug-likeness (QED) is 0.871. The summed E-state index contributed by atoms with van der Waals surface area (Å²) in [5, 5.41) is 3.99. The van der Waals surface area contributed by atoms with Gasteiger partial charge in [0.1, 0.15) is 5.01 Å². The maximum Gasteiger partial charge on any atom is 0.222 e. The van der Waals surface area contributed by atoms with E-state index in [2.05, 4.69) is 17.2 Å². The highest BCUT2D eigenvalue weighted by molar-refractivity contribution is 7.11. The molecule has 1 atom stereocenters. The third kappa shape index (κ3) is 3.76. The molecule has 1 aromatic rings. The number of carbonyl (C=O) groups is 1. The van der Waals surface area contributed by atoms with Gasteiger partial charge in [0.05, 0.1) is 6.04 Å². The van der Waals surface area contributed by atoms with Gasteiger partial charge in [0.15, 0.2) is 0 Å². The molecular formula is C14H23N3OS. The molecule has 1 aromatic heterocycles. The molecule has 0 radical (unpaired) electrons. The number of thiazole rings is 1. The van der Waals surface area contributed by atoms with E-state index >= 15 is 0 Å². The van der Waals surface area contributed by atoms with Crippen LogP contribution in [-0.2, 0) is 11.2 Å². The number of hydrogen-bond donors (Lipinski definition) is 2. The molecule has 0 saturated heterocycles. The Balaban J connectivity index is 1.87. The van der Waals surface area contributed by atoms with Crippen LogP contribution in [0.5, 0.6) is 0 Å². The molecule has 0 aromatic carbocycles. The highest BCUT2D eigenvalue weighted by Crippen LogP contribution is 2.30. The average Bonchev–Trinajstić information content (AvgIpc) is 2.97. The normalized spacial score (nSPS) is 19.3. The second-order valence-corrected chi connectivity index (χ2v) is 6.70. The van der Waals surface area contributed by atoms with E-state index in [4.69, 9.17) is 5.73 Å². The van der Waals surface area contributed by atoms with Gasteiger partial charge in [0, 0.05) is 23.0 Å².